The van der Waals surface area contributed by atoms with E-state index < -0.39 is 0 Å². The van der Waals surface area contributed by atoms with Crippen molar-refractivity contribution in [2.24, 2.45) is 0 Å². The summed E-state index contributed by atoms with van der Waals surface area (Å²) in [6, 6.07) is 1.69. The van der Waals surface area contributed by atoms with Crippen molar-refractivity contribution in [3.05, 3.63) is 0 Å². The van der Waals surface area contributed by atoms with E-state index in [1.165, 1.54) is 32.1 Å². The van der Waals surface area contributed by atoms with Crippen LogP contribution in [0.25, 0.3) is 0 Å². The van der Waals surface area contributed by atoms with Crippen molar-refractivity contribution in [1.82, 2.24) is 10.2 Å². The molecule has 0 aliphatic heterocycles. The van der Waals surface area contributed by atoms with Gasteiger partial charge in [-0.1, -0.05) is 19.8 Å². The van der Waals surface area contributed by atoms with E-state index in [0.717, 1.165) is 26.3 Å². The van der Waals surface area contributed by atoms with Gasteiger partial charge in [0.05, 0.1) is 13.2 Å². The topological polar surface area (TPSA) is 33.7 Å². The maximum Gasteiger partial charge on any atom is 0.0615 e. The lowest BCUT2D eigenvalue weighted by molar-refractivity contribution is 0.0228. The molecule has 1 aliphatic carbocycles. The van der Waals surface area contributed by atoms with Crippen LogP contribution in [0.5, 0.6) is 0 Å². The molecule has 0 aromatic heterocycles. The third-order valence-electron chi connectivity index (χ3n) is 4.34. The zero-order valence-electron chi connectivity index (χ0n) is 13.9. The second kappa shape index (κ2) is 10.6. The van der Waals surface area contributed by atoms with Crippen LogP contribution >= 0.6 is 0 Å². The zero-order chi connectivity index (χ0) is 14.8. The second-order valence-electron chi connectivity index (χ2n) is 5.95. The smallest absolute Gasteiger partial charge is 0.0615 e. The van der Waals surface area contributed by atoms with E-state index in [2.05, 4.69) is 24.1 Å². The summed E-state index contributed by atoms with van der Waals surface area (Å²) in [5.74, 6) is 0. The average molecular weight is 286 g/mol. The summed E-state index contributed by atoms with van der Waals surface area (Å²) in [5.41, 5.74) is 0. The number of hydrogen-bond acceptors (Lipinski definition) is 4. The SMILES string of the molecule is CCCNC1CCCCC1N(CCOC)C(C)COC. The highest BCUT2D eigenvalue weighted by Crippen LogP contribution is 2.25. The van der Waals surface area contributed by atoms with Gasteiger partial charge in [-0.15, -0.1) is 0 Å². The van der Waals surface area contributed by atoms with Crippen LogP contribution in [-0.4, -0.2) is 63.5 Å². The van der Waals surface area contributed by atoms with Gasteiger partial charge in [0.25, 0.3) is 0 Å². The molecule has 0 aromatic rings. The highest BCUT2D eigenvalue weighted by Gasteiger charge is 2.31. The zero-order valence-corrected chi connectivity index (χ0v) is 13.9. The predicted molar refractivity (Wildman–Crippen MR) is 84.3 cm³/mol. The maximum atomic E-state index is 5.37. The first kappa shape index (κ1) is 17.9. The summed E-state index contributed by atoms with van der Waals surface area (Å²) < 4.78 is 10.7. The Labute approximate surface area is 125 Å². The van der Waals surface area contributed by atoms with Crippen LogP contribution in [0.1, 0.15) is 46.0 Å². The van der Waals surface area contributed by atoms with Crippen molar-refractivity contribution in [2.75, 3.05) is 40.5 Å². The van der Waals surface area contributed by atoms with Gasteiger partial charge in [0.15, 0.2) is 0 Å². The van der Waals surface area contributed by atoms with E-state index in [-0.39, 0.29) is 0 Å². The monoisotopic (exact) mass is 286 g/mol. The minimum Gasteiger partial charge on any atom is -0.383 e. The minimum absolute atomic E-state index is 0.448. The molecule has 1 N–H and O–H groups in total. The maximum absolute atomic E-state index is 5.37. The van der Waals surface area contributed by atoms with Crippen molar-refractivity contribution in [3.63, 3.8) is 0 Å². The Hall–Kier alpha value is -0.160. The Kier molecular flexibility index (Phi) is 9.44. The summed E-state index contributed by atoms with van der Waals surface area (Å²) in [6.45, 7) is 8.21. The summed E-state index contributed by atoms with van der Waals surface area (Å²) in [4.78, 5) is 2.60. The molecule has 20 heavy (non-hydrogen) atoms. The molecule has 4 nitrogen and oxygen atoms in total. The van der Waals surface area contributed by atoms with Crippen LogP contribution in [0, 0.1) is 0 Å². The number of methoxy groups -OCH3 is 2. The fourth-order valence-corrected chi connectivity index (χ4v) is 3.32. The van der Waals surface area contributed by atoms with E-state index in [0.29, 0.717) is 18.1 Å². The number of ether oxygens (including phenoxy) is 2. The molecule has 3 atom stereocenters. The molecule has 0 bridgehead atoms. The van der Waals surface area contributed by atoms with Crippen LogP contribution in [0.4, 0.5) is 0 Å². The van der Waals surface area contributed by atoms with Crippen LogP contribution in [0.3, 0.4) is 0 Å². The summed E-state index contributed by atoms with van der Waals surface area (Å²) in [5, 5.41) is 3.75. The first-order valence-electron chi connectivity index (χ1n) is 8.21. The predicted octanol–water partition coefficient (Wildman–Crippen LogP) is 2.28. The van der Waals surface area contributed by atoms with E-state index in [4.69, 9.17) is 9.47 Å². The number of nitrogens with zero attached hydrogens (tertiary/aromatic N) is 1. The van der Waals surface area contributed by atoms with Gasteiger partial charge in [-0.3, -0.25) is 4.90 Å². The Balaban J connectivity index is 2.67. The van der Waals surface area contributed by atoms with Crippen molar-refractivity contribution >= 4 is 0 Å². The third-order valence-corrected chi connectivity index (χ3v) is 4.34. The molecule has 0 amide bonds. The highest BCUT2D eigenvalue weighted by molar-refractivity contribution is 4.90. The van der Waals surface area contributed by atoms with Gasteiger partial charge < -0.3 is 14.8 Å². The van der Waals surface area contributed by atoms with Gasteiger partial charge in [0, 0.05) is 38.9 Å². The molecule has 1 aliphatic rings. The quantitative estimate of drug-likeness (QED) is 0.668. The molecule has 0 heterocycles. The fraction of sp³-hybridized carbons (Fsp3) is 1.00. The molecular formula is C16H34N2O2. The van der Waals surface area contributed by atoms with Gasteiger partial charge in [-0.2, -0.15) is 0 Å². The number of rotatable bonds is 10. The highest BCUT2D eigenvalue weighted by atomic mass is 16.5. The van der Waals surface area contributed by atoms with Gasteiger partial charge in [0.2, 0.25) is 0 Å². The minimum atomic E-state index is 0.448. The Morgan fingerprint density at radius 1 is 1.20 bits per heavy atom. The molecule has 1 fully saturated rings. The van der Waals surface area contributed by atoms with Crippen molar-refractivity contribution in [1.29, 1.82) is 0 Å². The van der Waals surface area contributed by atoms with Gasteiger partial charge >= 0.3 is 0 Å². The Bertz CT molecular complexity index is 239. The lowest BCUT2D eigenvalue weighted by Gasteiger charge is -2.43. The van der Waals surface area contributed by atoms with Gasteiger partial charge in [0.1, 0.15) is 0 Å². The molecule has 1 saturated carbocycles. The number of nitrogens with one attached hydrogen (secondary N) is 1. The lowest BCUT2D eigenvalue weighted by atomic mass is 9.88. The normalized spacial score (nSPS) is 25.1. The summed E-state index contributed by atoms with van der Waals surface area (Å²) in [6.07, 6.45) is 6.49. The van der Waals surface area contributed by atoms with Crippen LogP contribution < -0.4 is 5.32 Å². The molecule has 0 radical (unpaired) electrons. The van der Waals surface area contributed by atoms with Crippen LogP contribution in [-0.2, 0) is 9.47 Å². The first-order chi connectivity index (χ1) is 9.74. The molecular weight excluding hydrogens is 252 g/mol. The molecule has 1 rings (SSSR count). The van der Waals surface area contributed by atoms with E-state index in [1.54, 1.807) is 14.2 Å². The standard InChI is InChI=1S/C16H34N2O2/c1-5-10-17-15-8-6-7-9-16(15)18(11-12-19-3)14(2)13-20-4/h14-17H,5-13H2,1-4H3. The number of hydrogen-bond donors (Lipinski definition) is 1. The Morgan fingerprint density at radius 3 is 2.60 bits per heavy atom. The second-order valence-corrected chi connectivity index (χ2v) is 5.95. The molecule has 0 aromatic carbocycles. The van der Waals surface area contributed by atoms with Crippen molar-refractivity contribution in [3.8, 4) is 0 Å². The van der Waals surface area contributed by atoms with Crippen LogP contribution in [0.15, 0.2) is 0 Å². The van der Waals surface area contributed by atoms with E-state index in [1.807, 2.05) is 0 Å². The van der Waals surface area contributed by atoms with E-state index in [9.17, 15) is 0 Å². The largest absolute Gasteiger partial charge is 0.383 e. The van der Waals surface area contributed by atoms with Gasteiger partial charge in [-0.05, 0) is 32.7 Å². The molecule has 0 spiro atoms. The fourth-order valence-electron chi connectivity index (χ4n) is 3.32. The lowest BCUT2D eigenvalue weighted by Crippen LogP contribution is -2.56. The van der Waals surface area contributed by atoms with Crippen LogP contribution in [0.2, 0.25) is 0 Å². The molecule has 4 heteroatoms. The average Bonchev–Trinajstić information content (AvgIpc) is 2.47. The van der Waals surface area contributed by atoms with Gasteiger partial charge in [-0.25, -0.2) is 0 Å². The Morgan fingerprint density at radius 2 is 1.95 bits per heavy atom. The summed E-state index contributed by atoms with van der Waals surface area (Å²) in [7, 11) is 3.57. The van der Waals surface area contributed by atoms with Crippen molar-refractivity contribution in [2.45, 2.75) is 64.1 Å². The molecule has 0 saturated heterocycles. The van der Waals surface area contributed by atoms with Crippen molar-refractivity contribution < 1.29 is 9.47 Å². The summed E-state index contributed by atoms with van der Waals surface area (Å²) >= 11 is 0. The molecule has 120 valence electrons. The third kappa shape index (κ3) is 5.68. The molecule has 3 unspecified atom stereocenters. The van der Waals surface area contributed by atoms with E-state index >= 15 is 0 Å². The first-order valence-corrected chi connectivity index (χ1v) is 8.21.